The van der Waals surface area contributed by atoms with E-state index in [4.69, 9.17) is 4.74 Å². The van der Waals surface area contributed by atoms with Crippen LogP contribution in [0.4, 0.5) is 0 Å². The first-order valence-electron chi connectivity index (χ1n) is 8.39. The summed E-state index contributed by atoms with van der Waals surface area (Å²) >= 11 is 0. The zero-order valence-corrected chi connectivity index (χ0v) is 12.8. The molecule has 0 saturated carbocycles. The summed E-state index contributed by atoms with van der Waals surface area (Å²) in [6.07, 6.45) is 7.85. The van der Waals surface area contributed by atoms with Crippen LogP contribution < -0.4 is 5.32 Å². The Morgan fingerprint density at radius 2 is 1.90 bits per heavy atom. The molecular weight excluding hydrogens is 252 g/mol. The van der Waals surface area contributed by atoms with Gasteiger partial charge in [0, 0.05) is 24.7 Å². The van der Waals surface area contributed by atoms with Gasteiger partial charge in [-0.3, -0.25) is 4.79 Å². The van der Waals surface area contributed by atoms with E-state index in [9.17, 15) is 4.79 Å². The molecule has 0 aromatic carbocycles. The highest BCUT2D eigenvalue weighted by molar-refractivity contribution is 5.81. The summed E-state index contributed by atoms with van der Waals surface area (Å²) in [6, 6.07) is 1.70. The maximum atomic E-state index is 12.8. The van der Waals surface area contributed by atoms with E-state index in [0.29, 0.717) is 18.1 Å². The van der Waals surface area contributed by atoms with E-state index in [1.54, 1.807) is 0 Å². The molecule has 0 aliphatic carbocycles. The monoisotopic (exact) mass is 280 g/mol. The fourth-order valence-corrected chi connectivity index (χ4v) is 4.16. The van der Waals surface area contributed by atoms with Gasteiger partial charge in [0.15, 0.2) is 0 Å². The first-order valence-corrected chi connectivity index (χ1v) is 8.39. The van der Waals surface area contributed by atoms with Crippen LogP contribution in [0.25, 0.3) is 0 Å². The maximum Gasteiger partial charge on any atom is 0.251 e. The minimum atomic E-state index is -0.177. The van der Waals surface area contributed by atoms with Crippen molar-refractivity contribution in [1.29, 1.82) is 0 Å². The van der Waals surface area contributed by atoms with Crippen LogP contribution in [0.2, 0.25) is 0 Å². The molecule has 3 heterocycles. The molecule has 3 aliphatic heterocycles. The van der Waals surface area contributed by atoms with Crippen LogP contribution in [0.15, 0.2) is 0 Å². The molecule has 3 fully saturated rings. The molecule has 0 spiro atoms. The van der Waals surface area contributed by atoms with E-state index in [1.165, 1.54) is 12.8 Å². The molecule has 20 heavy (non-hydrogen) atoms. The van der Waals surface area contributed by atoms with Gasteiger partial charge in [-0.05, 0) is 51.9 Å². The smallest absolute Gasteiger partial charge is 0.251 e. The lowest BCUT2D eigenvalue weighted by Gasteiger charge is -2.38. The molecule has 2 bridgehead atoms. The summed E-state index contributed by atoms with van der Waals surface area (Å²) in [5.41, 5.74) is 0. The number of carbonyl (C=O) groups is 1. The van der Waals surface area contributed by atoms with Gasteiger partial charge in [0.2, 0.25) is 0 Å². The highest BCUT2D eigenvalue weighted by Crippen LogP contribution is 2.31. The first kappa shape index (κ1) is 14.3. The Bertz CT molecular complexity index is 348. The van der Waals surface area contributed by atoms with Crippen molar-refractivity contribution in [3.8, 4) is 0 Å². The number of nitrogens with zero attached hydrogens (tertiary/aromatic N) is 1. The fraction of sp³-hybridized carbons (Fsp3) is 0.938. The van der Waals surface area contributed by atoms with E-state index in [-0.39, 0.29) is 18.1 Å². The second kappa shape index (κ2) is 6.02. The van der Waals surface area contributed by atoms with E-state index in [1.807, 2.05) is 0 Å². The predicted octanol–water partition coefficient (Wildman–Crippen LogP) is 2.08. The molecular formula is C16H28N2O2. The molecule has 1 amide bonds. The maximum absolute atomic E-state index is 12.8. The molecule has 1 N–H and O–H groups in total. The van der Waals surface area contributed by atoms with E-state index < -0.39 is 0 Å². The minimum Gasteiger partial charge on any atom is -0.365 e. The van der Waals surface area contributed by atoms with Gasteiger partial charge < -0.3 is 15.0 Å². The third-order valence-electron chi connectivity index (χ3n) is 5.14. The highest BCUT2D eigenvalue weighted by Gasteiger charge is 2.40. The second-order valence-electron chi connectivity index (χ2n) is 6.81. The molecule has 3 aliphatic rings. The summed E-state index contributed by atoms with van der Waals surface area (Å²) < 4.78 is 5.80. The quantitative estimate of drug-likeness (QED) is 0.857. The van der Waals surface area contributed by atoms with Crippen molar-refractivity contribution in [1.82, 2.24) is 10.2 Å². The van der Waals surface area contributed by atoms with Gasteiger partial charge in [0.05, 0.1) is 6.10 Å². The minimum absolute atomic E-state index is 0.177. The molecule has 4 atom stereocenters. The number of rotatable bonds is 4. The predicted molar refractivity (Wildman–Crippen MR) is 78.5 cm³/mol. The molecule has 4 unspecified atom stereocenters. The number of fused-ring (bicyclic) bond motifs is 2. The molecule has 3 rings (SSSR count). The molecule has 0 radical (unpaired) electrons. The van der Waals surface area contributed by atoms with Crippen molar-refractivity contribution >= 4 is 5.91 Å². The highest BCUT2D eigenvalue weighted by atomic mass is 16.5. The van der Waals surface area contributed by atoms with Crippen LogP contribution >= 0.6 is 0 Å². The molecule has 0 aromatic rings. The lowest BCUT2D eigenvalue weighted by atomic mass is 9.97. The van der Waals surface area contributed by atoms with Crippen molar-refractivity contribution < 1.29 is 9.53 Å². The van der Waals surface area contributed by atoms with Gasteiger partial charge in [-0.1, -0.05) is 6.92 Å². The number of piperidine rings is 1. The number of ether oxygens (including phenoxy) is 1. The SMILES string of the molecule is CCCN(C(=O)C1CCC(C)O1)C1CC2CCC(C1)N2. The molecule has 0 aromatic heterocycles. The lowest BCUT2D eigenvalue weighted by Crippen LogP contribution is -2.52. The third kappa shape index (κ3) is 2.86. The van der Waals surface area contributed by atoms with E-state index in [0.717, 1.165) is 38.6 Å². The standard InChI is InChI=1S/C16H28N2O2/c1-3-8-18(16(19)15-7-4-11(2)20-15)14-9-12-5-6-13(10-14)17-12/h11-15,17H,3-10H2,1-2H3. The van der Waals surface area contributed by atoms with Crippen LogP contribution in [0.5, 0.6) is 0 Å². The summed E-state index contributed by atoms with van der Waals surface area (Å²) in [6.45, 7) is 5.12. The van der Waals surface area contributed by atoms with Gasteiger partial charge in [0.1, 0.15) is 6.10 Å². The fourth-order valence-electron chi connectivity index (χ4n) is 4.16. The summed E-state index contributed by atoms with van der Waals surface area (Å²) in [4.78, 5) is 14.9. The molecule has 114 valence electrons. The topological polar surface area (TPSA) is 41.6 Å². The van der Waals surface area contributed by atoms with Crippen LogP contribution in [-0.4, -0.2) is 47.7 Å². The largest absolute Gasteiger partial charge is 0.365 e. The van der Waals surface area contributed by atoms with Gasteiger partial charge >= 0.3 is 0 Å². The Kier molecular flexibility index (Phi) is 4.32. The van der Waals surface area contributed by atoms with Crippen molar-refractivity contribution in [3.05, 3.63) is 0 Å². The zero-order chi connectivity index (χ0) is 14.1. The molecule has 4 heteroatoms. The average Bonchev–Trinajstić information content (AvgIpc) is 3.01. The van der Waals surface area contributed by atoms with Crippen LogP contribution in [0.1, 0.15) is 58.8 Å². The van der Waals surface area contributed by atoms with Crippen LogP contribution in [0.3, 0.4) is 0 Å². The number of amides is 1. The Morgan fingerprint density at radius 1 is 1.20 bits per heavy atom. The number of hydrogen-bond acceptors (Lipinski definition) is 3. The lowest BCUT2D eigenvalue weighted by molar-refractivity contribution is -0.146. The summed E-state index contributed by atoms with van der Waals surface area (Å²) in [5, 5.41) is 3.66. The van der Waals surface area contributed by atoms with E-state index in [2.05, 4.69) is 24.1 Å². The van der Waals surface area contributed by atoms with E-state index >= 15 is 0 Å². The first-order chi connectivity index (χ1) is 9.67. The molecule has 4 nitrogen and oxygen atoms in total. The zero-order valence-electron chi connectivity index (χ0n) is 12.8. The van der Waals surface area contributed by atoms with Gasteiger partial charge in [-0.25, -0.2) is 0 Å². The Morgan fingerprint density at radius 3 is 2.45 bits per heavy atom. The normalized spacial score (nSPS) is 40.0. The Hall–Kier alpha value is -0.610. The number of nitrogens with one attached hydrogen (secondary N) is 1. The van der Waals surface area contributed by atoms with Crippen molar-refractivity contribution in [2.45, 2.75) is 89.1 Å². The van der Waals surface area contributed by atoms with Crippen molar-refractivity contribution in [3.63, 3.8) is 0 Å². The van der Waals surface area contributed by atoms with Crippen LogP contribution in [0, 0.1) is 0 Å². The van der Waals surface area contributed by atoms with Gasteiger partial charge in [-0.15, -0.1) is 0 Å². The summed E-state index contributed by atoms with van der Waals surface area (Å²) in [5.74, 6) is 0.252. The van der Waals surface area contributed by atoms with Crippen molar-refractivity contribution in [2.24, 2.45) is 0 Å². The van der Waals surface area contributed by atoms with Crippen molar-refractivity contribution in [2.75, 3.05) is 6.54 Å². The average molecular weight is 280 g/mol. The Labute approximate surface area is 122 Å². The van der Waals surface area contributed by atoms with Gasteiger partial charge in [-0.2, -0.15) is 0 Å². The van der Waals surface area contributed by atoms with Gasteiger partial charge in [0.25, 0.3) is 5.91 Å². The summed E-state index contributed by atoms with van der Waals surface area (Å²) in [7, 11) is 0. The van der Waals surface area contributed by atoms with Crippen LogP contribution in [-0.2, 0) is 9.53 Å². The third-order valence-corrected chi connectivity index (χ3v) is 5.14. The second-order valence-corrected chi connectivity index (χ2v) is 6.81. The number of hydrogen-bond donors (Lipinski definition) is 1. The Balaban J connectivity index is 1.67. The molecule has 3 saturated heterocycles. The number of carbonyl (C=O) groups excluding carboxylic acids is 1.